The van der Waals surface area contributed by atoms with E-state index in [2.05, 4.69) is 46.1 Å². The number of aromatic nitrogens is 5. The molecule has 5 aromatic rings. The minimum absolute atomic E-state index is 0.741. The summed E-state index contributed by atoms with van der Waals surface area (Å²) in [5, 5.41) is 8.18. The molecule has 0 unspecified atom stereocenters. The summed E-state index contributed by atoms with van der Waals surface area (Å²) in [5.74, 6) is 0.824. The molecular formula is C25H19N5. The van der Waals surface area contributed by atoms with E-state index in [1.165, 1.54) is 0 Å². The maximum absolute atomic E-state index is 4.94. The van der Waals surface area contributed by atoms with E-state index in [1.54, 1.807) is 10.8 Å². The first-order chi connectivity index (χ1) is 14.8. The molecule has 0 atom stereocenters. The fourth-order valence-corrected chi connectivity index (χ4v) is 3.40. The molecule has 144 valence electrons. The minimum Gasteiger partial charge on any atom is -0.337 e. The van der Waals surface area contributed by atoms with Crippen LogP contribution in [0.4, 0.5) is 0 Å². The Hall–Kier alpha value is -4.25. The molecule has 30 heavy (non-hydrogen) atoms. The second kappa shape index (κ2) is 7.64. The van der Waals surface area contributed by atoms with E-state index in [4.69, 9.17) is 4.98 Å². The molecule has 0 bridgehead atoms. The van der Waals surface area contributed by atoms with Crippen molar-refractivity contribution in [1.29, 1.82) is 0 Å². The minimum atomic E-state index is 0.741. The zero-order chi connectivity index (χ0) is 20.3. The summed E-state index contributed by atoms with van der Waals surface area (Å²) in [6.07, 6.45) is 3.52. The Labute approximate surface area is 174 Å². The van der Waals surface area contributed by atoms with E-state index in [0.717, 1.165) is 45.3 Å². The van der Waals surface area contributed by atoms with Crippen molar-refractivity contribution in [1.82, 2.24) is 25.0 Å². The number of imidazole rings is 1. The van der Waals surface area contributed by atoms with Crippen molar-refractivity contribution in [3.05, 3.63) is 103 Å². The quantitative estimate of drug-likeness (QED) is 0.423. The van der Waals surface area contributed by atoms with Crippen LogP contribution in [-0.2, 0) is 0 Å². The lowest BCUT2D eigenvalue weighted by molar-refractivity contribution is 0.803. The third-order valence-corrected chi connectivity index (χ3v) is 4.94. The summed E-state index contributed by atoms with van der Waals surface area (Å²) in [7, 11) is 0. The standard InChI is InChI=1S/C25H19N5/c1-2-21-17-30(29-28-21)22-15-13-20(14-16-22)25-26-23(18-9-5-3-6-10-18)24(27-25)19-11-7-4-8-12-19/h2-17H,1H2,(H,26,27). The van der Waals surface area contributed by atoms with Crippen molar-refractivity contribution in [2.45, 2.75) is 0 Å². The van der Waals surface area contributed by atoms with Gasteiger partial charge in [-0.1, -0.05) is 72.5 Å². The highest BCUT2D eigenvalue weighted by molar-refractivity contribution is 5.81. The number of aromatic amines is 1. The van der Waals surface area contributed by atoms with Gasteiger partial charge < -0.3 is 4.98 Å². The summed E-state index contributed by atoms with van der Waals surface area (Å²) in [6, 6.07) is 28.6. The monoisotopic (exact) mass is 389 g/mol. The third-order valence-electron chi connectivity index (χ3n) is 4.94. The molecular weight excluding hydrogens is 370 g/mol. The Morgan fingerprint density at radius 1 is 0.767 bits per heavy atom. The summed E-state index contributed by atoms with van der Waals surface area (Å²) < 4.78 is 1.73. The Morgan fingerprint density at radius 2 is 1.43 bits per heavy atom. The largest absolute Gasteiger partial charge is 0.337 e. The van der Waals surface area contributed by atoms with Gasteiger partial charge in [0.2, 0.25) is 0 Å². The number of nitrogens with one attached hydrogen (secondary N) is 1. The number of H-pyrrole nitrogens is 1. The predicted molar refractivity (Wildman–Crippen MR) is 120 cm³/mol. The van der Waals surface area contributed by atoms with Gasteiger partial charge in [-0.2, -0.15) is 0 Å². The average Bonchev–Trinajstić information content (AvgIpc) is 3.48. The van der Waals surface area contributed by atoms with Crippen LogP contribution in [0.15, 0.2) is 97.7 Å². The molecule has 5 heteroatoms. The maximum Gasteiger partial charge on any atom is 0.138 e. The highest BCUT2D eigenvalue weighted by Crippen LogP contribution is 2.33. The Balaban J connectivity index is 1.56. The van der Waals surface area contributed by atoms with Crippen LogP contribution in [0.2, 0.25) is 0 Å². The van der Waals surface area contributed by atoms with E-state index in [9.17, 15) is 0 Å². The van der Waals surface area contributed by atoms with Gasteiger partial charge in [0, 0.05) is 16.7 Å². The summed E-state index contributed by atoms with van der Waals surface area (Å²) in [4.78, 5) is 8.47. The molecule has 3 aromatic carbocycles. The van der Waals surface area contributed by atoms with Gasteiger partial charge in [-0.05, 0) is 30.3 Å². The Kier molecular flexibility index (Phi) is 4.54. The van der Waals surface area contributed by atoms with E-state index in [0.29, 0.717) is 0 Å². The molecule has 0 spiro atoms. The normalized spacial score (nSPS) is 10.8. The van der Waals surface area contributed by atoms with E-state index >= 15 is 0 Å². The molecule has 0 aliphatic carbocycles. The van der Waals surface area contributed by atoms with Crippen LogP contribution in [0.1, 0.15) is 5.69 Å². The van der Waals surface area contributed by atoms with Crippen LogP contribution < -0.4 is 0 Å². The summed E-state index contributed by atoms with van der Waals surface area (Å²) in [6.45, 7) is 3.72. The van der Waals surface area contributed by atoms with E-state index in [-0.39, 0.29) is 0 Å². The number of hydrogen-bond acceptors (Lipinski definition) is 3. The lowest BCUT2D eigenvalue weighted by Crippen LogP contribution is -1.94. The highest BCUT2D eigenvalue weighted by atomic mass is 15.4. The molecule has 0 aliphatic heterocycles. The third kappa shape index (κ3) is 3.33. The molecule has 5 rings (SSSR count). The van der Waals surface area contributed by atoms with Crippen molar-refractivity contribution in [2.75, 3.05) is 0 Å². The van der Waals surface area contributed by atoms with Crippen molar-refractivity contribution in [3.63, 3.8) is 0 Å². The first-order valence-corrected chi connectivity index (χ1v) is 9.68. The number of benzene rings is 3. The lowest BCUT2D eigenvalue weighted by atomic mass is 10.1. The molecule has 0 amide bonds. The first kappa shape index (κ1) is 17.8. The molecule has 5 nitrogen and oxygen atoms in total. The molecule has 2 aromatic heterocycles. The van der Waals surface area contributed by atoms with Gasteiger partial charge in [0.15, 0.2) is 0 Å². The van der Waals surface area contributed by atoms with Crippen molar-refractivity contribution in [3.8, 4) is 39.6 Å². The fraction of sp³-hybridized carbons (Fsp3) is 0. The van der Waals surface area contributed by atoms with Crippen LogP contribution in [0.5, 0.6) is 0 Å². The molecule has 0 saturated carbocycles. The molecule has 0 aliphatic rings. The van der Waals surface area contributed by atoms with Gasteiger partial charge in [0.25, 0.3) is 0 Å². The highest BCUT2D eigenvalue weighted by Gasteiger charge is 2.15. The molecule has 2 heterocycles. The van der Waals surface area contributed by atoms with Gasteiger partial charge in [-0.15, -0.1) is 5.10 Å². The molecule has 0 fully saturated rings. The molecule has 0 radical (unpaired) electrons. The maximum atomic E-state index is 4.94. The van der Waals surface area contributed by atoms with Gasteiger partial charge in [0.05, 0.1) is 23.3 Å². The number of rotatable bonds is 5. The second-order valence-electron chi connectivity index (χ2n) is 6.88. The number of nitrogens with zero attached hydrogens (tertiary/aromatic N) is 4. The van der Waals surface area contributed by atoms with Crippen LogP contribution in [0.25, 0.3) is 45.7 Å². The SMILES string of the molecule is C=Cc1cn(-c2ccc(-c3nc(-c4ccccc4)c(-c4ccccc4)[nH]3)cc2)nn1. The van der Waals surface area contributed by atoms with E-state index < -0.39 is 0 Å². The molecule has 1 N–H and O–H groups in total. The number of hydrogen-bond donors (Lipinski definition) is 1. The first-order valence-electron chi connectivity index (χ1n) is 9.68. The van der Waals surface area contributed by atoms with Crippen LogP contribution in [0, 0.1) is 0 Å². The van der Waals surface area contributed by atoms with Crippen LogP contribution in [0.3, 0.4) is 0 Å². The smallest absolute Gasteiger partial charge is 0.138 e. The summed E-state index contributed by atoms with van der Waals surface area (Å²) >= 11 is 0. The Bertz CT molecular complexity index is 1230. The summed E-state index contributed by atoms with van der Waals surface area (Å²) in [5.41, 5.74) is 6.80. The zero-order valence-electron chi connectivity index (χ0n) is 16.2. The zero-order valence-corrected chi connectivity index (χ0v) is 16.2. The van der Waals surface area contributed by atoms with Crippen LogP contribution >= 0.6 is 0 Å². The molecule has 0 saturated heterocycles. The van der Waals surface area contributed by atoms with Gasteiger partial charge in [-0.25, -0.2) is 9.67 Å². The van der Waals surface area contributed by atoms with Crippen LogP contribution in [-0.4, -0.2) is 25.0 Å². The predicted octanol–water partition coefficient (Wildman–Crippen LogP) is 5.63. The van der Waals surface area contributed by atoms with Gasteiger partial charge in [0.1, 0.15) is 11.5 Å². The fourth-order valence-electron chi connectivity index (χ4n) is 3.40. The Morgan fingerprint density at radius 3 is 2.07 bits per heavy atom. The van der Waals surface area contributed by atoms with Gasteiger partial charge >= 0.3 is 0 Å². The van der Waals surface area contributed by atoms with E-state index in [1.807, 2.05) is 66.9 Å². The second-order valence-corrected chi connectivity index (χ2v) is 6.88. The van der Waals surface area contributed by atoms with Crippen molar-refractivity contribution in [2.24, 2.45) is 0 Å². The van der Waals surface area contributed by atoms with Crippen molar-refractivity contribution < 1.29 is 0 Å². The van der Waals surface area contributed by atoms with Crippen molar-refractivity contribution >= 4 is 6.08 Å². The average molecular weight is 389 g/mol. The lowest BCUT2D eigenvalue weighted by Gasteiger charge is -2.02. The van der Waals surface area contributed by atoms with Gasteiger partial charge in [-0.3, -0.25) is 0 Å². The topological polar surface area (TPSA) is 59.4 Å².